The van der Waals surface area contributed by atoms with Crippen LogP contribution in [0.15, 0.2) is 0 Å². The van der Waals surface area contributed by atoms with Gasteiger partial charge in [-0.05, 0) is 51.0 Å². The van der Waals surface area contributed by atoms with Crippen molar-refractivity contribution in [1.82, 2.24) is 10.6 Å². The summed E-state index contributed by atoms with van der Waals surface area (Å²) >= 11 is 0. The van der Waals surface area contributed by atoms with Crippen molar-refractivity contribution >= 4 is 5.91 Å². The van der Waals surface area contributed by atoms with Crippen LogP contribution in [0.2, 0.25) is 0 Å². The molecule has 16 heavy (non-hydrogen) atoms. The minimum absolute atomic E-state index is 0.201. The molecular weight excluding hydrogens is 200 g/mol. The first-order valence-corrected chi connectivity index (χ1v) is 6.64. The molecule has 0 radical (unpaired) electrons. The third-order valence-electron chi connectivity index (χ3n) is 4.23. The highest BCUT2D eigenvalue weighted by Crippen LogP contribution is 2.48. The third-order valence-corrected chi connectivity index (χ3v) is 4.23. The van der Waals surface area contributed by atoms with Gasteiger partial charge in [-0.2, -0.15) is 0 Å². The Bertz CT molecular complexity index is 265. The van der Waals surface area contributed by atoms with Gasteiger partial charge in [-0.25, -0.2) is 0 Å². The van der Waals surface area contributed by atoms with E-state index in [9.17, 15) is 4.79 Å². The molecule has 2 N–H and O–H groups in total. The number of rotatable bonds is 5. The van der Waals surface area contributed by atoms with Gasteiger partial charge in [0.25, 0.3) is 0 Å². The molecule has 1 amide bonds. The molecule has 0 aromatic rings. The quantitative estimate of drug-likeness (QED) is 0.748. The normalized spacial score (nSPS) is 31.4. The molecule has 1 saturated heterocycles. The van der Waals surface area contributed by atoms with E-state index in [0.29, 0.717) is 5.41 Å². The topological polar surface area (TPSA) is 41.1 Å². The van der Waals surface area contributed by atoms with Gasteiger partial charge in [0.2, 0.25) is 5.91 Å². The fourth-order valence-corrected chi connectivity index (χ4v) is 2.77. The van der Waals surface area contributed by atoms with Crippen LogP contribution in [-0.2, 0) is 4.79 Å². The van der Waals surface area contributed by atoms with E-state index in [2.05, 4.69) is 17.6 Å². The summed E-state index contributed by atoms with van der Waals surface area (Å²) in [5.41, 5.74) is 0.154. The van der Waals surface area contributed by atoms with Crippen molar-refractivity contribution < 1.29 is 4.79 Å². The van der Waals surface area contributed by atoms with E-state index < -0.39 is 0 Å². The highest BCUT2D eigenvalue weighted by Gasteiger charge is 2.43. The maximum atomic E-state index is 12.1. The highest BCUT2D eigenvalue weighted by molar-refractivity contribution is 5.86. The van der Waals surface area contributed by atoms with Crippen LogP contribution in [0.1, 0.15) is 52.4 Å². The summed E-state index contributed by atoms with van der Waals surface area (Å²) in [5.74, 6) is 0.201. The lowest BCUT2D eigenvalue weighted by Crippen LogP contribution is -2.52. The van der Waals surface area contributed by atoms with Crippen LogP contribution in [0.4, 0.5) is 0 Å². The summed E-state index contributed by atoms with van der Waals surface area (Å²) < 4.78 is 0. The van der Waals surface area contributed by atoms with Crippen molar-refractivity contribution in [2.75, 3.05) is 13.1 Å². The molecule has 2 rings (SSSR count). The van der Waals surface area contributed by atoms with E-state index >= 15 is 0 Å². The fourth-order valence-electron chi connectivity index (χ4n) is 2.77. The van der Waals surface area contributed by atoms with Crippen molar-refractivity contribution in [3.8, 4) is 0 Å². The van der Waals surface area contributed by atoms with Crippen LogP contribution in [-0.4, -0.2) is 24.5 Å². The van der Waals surface area contributed by atoms with E-state index in [1.54, 1.807) is 0 Å². The number of hydrogen-bond donors (Lipinski definition) is 2. The van der Waals surface area contributed by atoms with Gasteiger partial charge >= 0.3 is 0 Å². The Kier molecular flexibility index (Phi) is 3.24. The first-order valence-electron chi connectivity index (χ1n) is 6.64. The molecule has 0 aromatic carbocycles. The van der Waals surface area contributed by atoms with E-state index in [-0.39, 0.29) is 11.4 Å². The maximum Gasteiger partial charge on any atom is 0.240 e. The van der Waals surface area contributed by atoms with Crippen LogP contribution >= 0.6 is 0 Å². The number of carbonyl (C=O) groups is 1. The largest absolute Gasteiger partial charge is 0.354 e. The summed E-state index contributed by atoms with van der Waals surface area (Å²) in [4.78, 5) is 12.1. The first-order chi connectivity index (χ1) is 7.60. The predicted octanol–water partition coefficient (Wildman–Crippen LogP) is 1.82. The van der Waals surface area contributed by atoms with Crippen molar-refractivity contribution in [3.63, 3.8) is 0 Å². The zero-order valence-corrected chi connectivity index (χ0v) is 10.6. The van der Waals surface area contributed by atoms with E-state index in [0.717, 1.165) is 25.9 Å². The molecule has 2 fully saturated rings. The van der Waals surface area contributed by atoms with Gasteiger partial charge in [0.1, 0.15) is 0 Å². The summed E-state index contributed by atoms with van der Waals surface area (Å²) in [6.45, 7) is 6.11. The molecule has 1 aliphatic carbocycles. The number of carbonyl (C=O) groups excluding carboxylic acids is 1. The molecule has 3 nitrogen and oxygen atoms in total. The molecule has 0 aromatic heterocycles. The molecule has 1 atom stereocenters. The lowest BCUT2D eigenvalue weighted by atomic mass is 9.97. The van der Waals surface area contributed by atoms with Crippen LogP contribution in [0.25, 0.3) is 0 Å². The maximum absolute atomic E-state index is 12.1. The minimum atomic E-state index is -0.303. The number of amides is 1. The van der Waals surface area contributed by atoms with Gasteiger partial charge in [-0.1, -0.05) is 13.3 Å². The Morgan fingerprint density at radius 1 is 1.38 bits per heavy atom. The second-order valence-electron chi connectivity index (χ2n) is 5.80. The number of hydrogen-bond acceptors (Lipinski definition) is 2. The van der Waals surface area contributed by atoms with Crippen molar-refractivity contribution in [1.29, 1.82) is 0 Å². The van der Waals surface area contributed by atoms with Crippen LogP contribution in [0, 0.1) is 5.41 Å². The van der Waals surface area contributed by atoms with Crippen molar-refractivity contribution in [3.05, 3.63) is 0 Å². The Labute approximate surface area is 98.4 Å². The summed E-state index contributed by atoms with van der Waals surface area (Å²) in [6, 6.07) is 0. The monoisotopic (exact) mass is 224 g/mol. The first kappa shape index (κ1) is 11.9. The zero-order valence-electron chi connectivity index (χ0n) is 10.6. The highest BCUT2D eigenvalue weighted by atomic mass is 16.2. The van der Waals surface area contributed by atoms with Gasteiger partial charge < -0.3 is 10.6 Å². The molecule has 92 valence electrons. The molecule has 1 unspecified atom stereocenters. The summed E-state index contributed by atoms with van der Waals surface area (Å²) in [6.07, 6.45) is 7.17. The summed E-state index contributed by atoms with van der Waals surface area (Å²) in [7, 11) is 0. The van der Waals surface area contributed by atoms with Crippen LogP contribution < -0.4 is 10.6 Å². The molecule has 1 saturated carbocycles. The van der Waals surface area contributed by atoms with Gasteiger partial charge in [0.05, 0.1) is 5.54 Å². The Morgan fingerprint density at radius 2 is 2.12 bits per heavy atom. The predicted molar refractivity (Wildman–Crippen MR) is 65.2 cm³/mol. The molecule has 0 bridgehead atoms. The molecule has 0 spiro atoms. The second-order valence-corrected chi connectivity index (χ2v) is 5.80. The van der Waals surface area contributed by atoms with Gasteiger partial charge in [-0.15, -0.1) is 0 Å². The average Bonchev–Trinajstić information content (AvgIpc) is 2.88. The number of nitrogens with one attached hydrogen (secondary N) is 2. The van der Waals surface area contributed by atoms with Crippen LogP contribution in [0.5, 0.6) is 0 Å². The van der Waals surface area contributed by atoms with E-state index in [4.69, 9.17) is 0 Å². The standard InChI is InChI=1S/C13H24N2O/c1-3-5-13(7-8-13)10-14-11(16)12(2)6-4-9-15-12/h15H,3-10H2,1-2H3,(H,14,16). The van der Waals surface area contributed by atoms with Crippen molar-refractivity contribution in [2.45, 2.75) is 57.9 Å². The smallest absolute Gasteiger partial charge is 0.240 e. The van der Waals surface area contributed by atoms with Gasteiger partial charge in [0, 0.05) is 6.54 Å². The summed E-state index contributed by atoms with van der Waals surface area (Å²) in [5, 5.41) is 6.46. The zero-order chi connectivity index (χ0) is 11.6. The van der Waals surface area contributed by atoms with Gasteiger partial charge in [0.15, 0.2) is 0 Å². The average molecular weight is 224 g/mol. The molecule has 3 heteroatoms. The minimum Gasteiger partial charge on any atom is -0.354 e. The molecule has 2 aliphatic rings. The Morgan fingerprint density at radius 3 is 2.62 bits per heavy atom. The lowest BCUT2D eigenvalue weighted by Gasteiger charge is -2.25. The molecular formula is C13H24N2O. The molecule has 1 aliphatic heterocycles. The Balaban J connectivity index is 1.79. The van der Waals surface area contributed by atoms with E-state index in [1.807, 2.05) is 6.92 Å². The van der Waals surface area contributed by atoms with E-state index in [1.165, 1.54) is 25.7 Å². The fraction of sp³-hybridized carbons (Fsp3) is 0.923. The Hall–Kier alpha value is -0.570. The second kappa shape index (κ2) is 4.36. The SMILES string of the molecule is CCCC1(CNC(=O)C2(C)CCCN2)CC1. The van der Waals surface area contributed by atoms with Crippen LogP contribution in [0.3, 0.4) is 0 Å². The van der Waals surface area contributed by atoms with Gasteiger partial charge in [-0.3, -0.25) is 4.79 Å². The third kappa shape index (κ3) is 2.40. The van der Waals surface area contributed by atoms with Crippen molar-refractivity contribution in [2.24, 2.45) is 5.41 Å². The molecule has 1 heterocycles. The lowest BCUT2D eigenvalue weighted by molar-refractivity contribution is -0.126.